The highest BCUT2D eigenvalue weighted by Crippen LogP contribution is 2.21. The first-order valence-corrected chi connectivity index (χ1v) is 10.7. The van der Waals surface area contributed by atoms with Gasteiger partial charge in [-0.3, -0.25) is 4.72 Å². The van der Waals surface area contributed by atoms with Gasteiger partial charge in [-0.15, -0.1) is 0 Å². The molecule has 0 atom stereocenters. The third kappa shape index (κ3) is 4.89. The van der Waals surface area contributed by atoms with Crippen molar-refractivity contribution in [3.8, 4) is 0 Å². The van der Waals surface area contributed by atoms with Crippen LogP contribution in [0.4, 0.5) is 11.5 Å². The minimum Gasteiger partial charge on any atom is -0.369 e. The van der Waals surface area contributed by atoms with E-state index in [0.29, 0.717) is 11.7 Å². The Kier molecular flexibility index (Phi) is 5.99. The molecule has 0 unspecified atom stereocenters. The summed E-state index contributed by atoms with van der Waals surface area (Å²) in [6, 6.07) is 20.6. The molecule has 0 aliphatic carbocycles. The van der Waals surface area contributed by atoms with E-state index >= 15 is 0 Å². The van der Waals surface area contributed by atoms with E-state index in [2.05, 4.69) is 40.6 Å². The third-order valence-corrected chi connectivity index (χ3v) is 5.92. The van der Waals surface area contributed by atoms with Crippen LogP contribution in [0.3, 0.4) is 0 Å². The number of rotatable bonds is 7. The lowest BCUT2D eigenvalue weighted by Gasteiger charge is -2.19. The second-order valence-electron chi connectivity index (χ2n) is 7.07. The largest absolute Gasteiger partial charge is 0.369 e. The van der Waals surface area contributed by atoms with Crippen molar-refractivity contribution in [2.45, 2.75) is 31.2 Å². The Bertz CT molecular complexity index is 1000. The number of anilines is 2. The molecule has 146 valence electrons. The summed E-state index contributed by atoms with van der Waals surface area (Å²) < 4.78 is 27.7. The SMILES string of the molecule is CC(C)c1ccc(S(=O)(=O)Nc2ccc(N(C)Cc3ccccc3)cn2)cc1. The van der Waals surface area contributed by atoms with Crippen LogP contribution < -0.4 is 9.62 Å². The van der Waals surface area contributed by atoms with Crippen LogP contribution in [0, 0.1) is 0 Å². The number of benzene rings is 2. The number of nitrogens with one attached hydrogen (secondary N) is 1. The average Bonchev–Trinajstić information content (AvgIpc) is 2.69. The molecule has 3 aromatic rings. The first kappa shape index (κ1) is 19.9. The molecule has 0 saturated carbocycles. The lowest BCUT2D eigenvalue weighted by Crippen LogP contribution is -2.17. The Labute approximate surface area is 167 Å². The van der Waals surface area contributed by atoms with E-state index in [9.17, 15) is 8.42 Å². The molecule has 1 aromatic heterocycles. The molecule has 3 rings (SSSR count). The van der Waals surface area contributed by atoms with Crippen molar-refractivity contribution >= 4 is 21.5 Å². The van der Waals surface area contributed by atoms with Crippen LogP contribution >= 0.6 is 0 Å². The van der Waals surface area contributed by atoms with Gasteiger partial charge in [0, 0.05) is 13.6 Å². The topological polar surface area (TPSA) is 62.3 Å². The van der Waals surface area contributed by atoms with Crippen molar-refractivity contribution in [1.29, 1.82) is 0 Å². The van der Waals surface area contributed by atoms with Crippen LogP contribution in [0.2, 0.25) is 0 Å². The summed E-state index contributed by atoms with van der Waals surface area (Å²) in [5, 5.41) is 0. The van der Waals surface area contributed by atoms with Crippen molar-refractivity contribution < 1.29 is 8.42 Å². The molecule has 1 N–H and O–H groups in total. The summed E-state index contributed by atoms with van der Waals surface area (Å²) >= 11 is 0. The van der Waals surface area contributed by atoms with E-state index in [1.165, 1.54) is 5.56 Å². The summed E-state index contributed by atoms with van der Waals surface area (Å²) in [6.07, 6.45) is 1.67. The quantitative estimate of drug-likeness (QED) is 0.633. The summed E-state index contributed by atoms with van der Waals surface area (Å²) in [5.41, 5.74) is 3.20. The minimum atomic E-state index is -3.66. The molecule has 0 aliphatic rings. The average molecular weight is 396 g/mol. The van der Waals surface area contributed by atoms with Gasteiger partial charge in [-0.1, -0.05) is 56.3 Å². The monoisotopic (exact) mass is 395 g/mol. The Hall–Kier alpha value is -2.86. The molecule has 0 spiro atoms. The molecule has 0 saturated heterocycles. The summed E-state index contributed by atoms with van der Waals surface area (Å²) in [6.45, 7) is 4.89. The molecule has 28 heavy (non-hydrogen) atoms. The normalized spacial score (nSPS) is 11.4. The zero-order chi connectivity index (χ0) is 20.1. The molecule has 0 aliphatic heterocycles. The first-order valence-electron chi connectivity index (χ1n) is 9.19. The van der Waals surface area contributed by atoms with Gasteiger partial charge in [0.1, 0.15) is 5.82 Å². The van der Waals surface area contributed by atoms with E-state index in [-0.39, 0.29) is 4.90 Å². The Morgan fingerprint density at radius 3 is 2.21 bits per heavy atom. The van der Waals surface area contributed by atoms with Gasteiger partial charge < -0.3 is 4.90 Å². The lowest BCUT2D eigenvalue weighted by atomic mass is 10.0. The number of sulfonamides is 1. The van der Waals surface area contributed by atoms with Crippen molar-refractivity contribution in [1.82, 2.24) is 4.98 Å². The maximum atomic E-state index is 12.6. The lowest BCUT2D eigenvalue weighted by molar-refractivity contribution is 0.601. The van der Waals surface area contributed by atoms with Crippen molar-refractivity contribution in [2.24, 2.45) is 0 Å². The van der Waals surface area contributed by atoms with Crippen LogP contribution in [0.25, 0.3) is 0 Å². The number of hydrogen-bond acceptors (Lipinski definition) is 4. The van der Waals surface area contributed by atoms with Crippen LogP contribution in [0.15, 0.2) is 77.8 Å². The van der Waals surface area contributed by atoms with Gasteiger partial charge in [0.05, 0.1) is 16.8 Å². The molecule has 0 amide bonds. The third-order valence-electron chi connectivity index (χ3n) is 4.55. The Balaban J connectivity index is 1.69. The fourth-order valence-electron chi connectivity index (χ4n) is 2.85. The zero-order valence-electron chi connectivity index (χ0n) is 16.3. The van der Waals surface area contributed by atoms with Gasteiger partial charge in [-0.25, -0.2) is 13.4 Å². The first-order chi connectivity index (χ1) is 13.3. The van der Waals surface area contributed by atoms with Crippen molar-refractivity contribution in [2.75, 3.05) is 16.7 Å². The van der Waals surface area contributed by atoms with E-state index in [1.807, 2.05) is 43.4 Å². The maximum Gasteiger partial charge on any atom is 0.263 e. The second-order valence-corrected chi connectivity index (χ2v) is 8.75. The van der Waals surface area contributed by atoms with Crippen LogP contribution in [0.5, 0.6) is 0 Å². The molecule has 0 fully saturated rings. The van der Waals surface area contributed by atoms with E-state index in [0.717, 1.165) is 17.8 Å². The second kappa shape index (κ2) is 8.44. The van der Waals surface area contributed by atoms with Crippen LogP contribution in [-0.4, -0.2) is 20.4 Å². The molecular weight excluding hydrogens is 370 g/mol. The number of aromatic nitrogens is 1. The fraction of sp³-hybridized carbons (Fsp3) is 0.227. The van der Waals surface area contributed by atoms with Gasteiger partial charge in [-0.05, 0) is 41.3 Å². The summed E-state index contributed by atoms with van der Waals surface area (Å²) in [7, 11) is -1.69. The molecule has 5 nitrogen and oxygen atoms in total. The van der Waals surface area contributed by atoms with Gasteiger partial charge >= 0.3 is 0 Å². The highest BCUT2D eigenvalue weighted by molar-refractivity contribution is 7.92. The fourth-order valence-corrected chi connectivity index (χ4v) is 3.86. The van der Waals surface area contributed by atoms with E-state index in [4.69, 9.17) is 0 Å². The van der Waals surface area contributed by atoms with Crippen molar-refractivity contribution in [3.05, 3.63) is 84.1 Å². The Morgan fingerprint density at radius 2 is 1.64 bits per heavy atom. The van der Waals surface area contributed by atoms with E-state index < -0.39 is 10.0 Å². The summed E-state index contributed by atoms with van der Waals surface area (Å²) in [5.74, 6) is 0.650. The van der Waals surface area contributed by atoms with Gasteiger partial charge in [-0.2, -0.15) is 0 Å². The van der Waals surface area contributed by atoms with Gasteiger partial charge in [0.2, 0.25) is 0 Å². The smallest absolute Gasteiger partial charge is 0.263 e. The molecule has 0 bridgehead atoms. The van der Waals surface area contributed by atoms with Gasteiger partial charge in [0.15, 0.2) is 0 Å². The molecule has 1 heterocycles. The molecule has 0 radical (unpaired) electrons. The van der Waals surface area contributed by atoms with Crippen LogP contribution in [0.1, 0.15) is 30.9 Å². The van der Waals surface area contributed by atoms with Crippen LogP contribution in [-0.2, 0) is 16.6 Å². The number of nitrogens with zero attached hydrogens (tertiary/aromatic N) is 2. The molecule has 2 aromatic carbocycles. The predicted octanol–water partition coefficient (Wildman–Crippen LogP) is 4.64. The number of hydrogen-bond donors (Lipinski definition) is 1. The van der Waals surface area contributed by atoms with Crippen molar-refractivity contribution in [3.63, 3.8) is 0 Å². The minimum absolute atomic E-state index is 0.226. The zero-order valence-corrected chi connectivity index (χ0v) is 17.1. The maximum absolute atomic E-state index is 12.6. The standard InChI is InChI=1S/C22H25N3O2S/c1-17(2)19-9-12-21(13-10-19)28(26,27)24-22-14-11-20(15-23-22)25(3)16-18-7-5-4-6-8-18/h4-15,17H,16H2,1-3H3,(H,23,24). The van der Waals surface area contributed by atoms with Gasteiger partial charge in [0.25, 0.3) is 10.0 Å². The summed E-state index contributed by atoms with van der Waals surface area (Å²) in [4.78, 5) is 6.55. The number of pyridine rings is 1. The molecule has 6 heteroatoms. The Morgan fingerprint density at radius 1 is 0.964 bits per heavy atom. The highest BCUT2D eigenvalue weighted by Gasteiger charge is 2.15. The predicted molar refractivity (Wildman–Crippen MR) is 114 cm³/mol. The highest BCUT2D eigenvalue weighted by atomic mass is 32.2. The molecular formula is C22H25N3O2S. The van der Waals surface area contributed by atoms with E-state index in [1.54, 1.807) is 24.4 Å².